The van der Waals surface area contributed by atoms with Crippen molar-refractivity contribution < 1.29 is 0 Å². The van der Waals surface area contributed by atoms with Crippen molar-refractivity contribution in [1.29, 1.82) is 0 Å². The van der Waals surface area contributed by atoms with Crippen LogP contribution in [0.3, 0.4) is 0 Å². The third-order valence-corrected chi connectivity index (χ3v) is 3.94. The summed E-state index contributed by atoms with van der Waals surface area (Å²) in [7, 11) is 0. The Balaban J connectivity index is 0.000000249. The Morgan fingerprint density at radius 2 is 1.04 bits per heavy atom. The number of fused-ring (bicyclic) bond motifs is 1. The van der Waals surface area contributed by atoms with Crippen LogP contribution in [-0.2, 0) is 12.8 Å². The molecule has 0 N–H and O–H groups in total. The lowest BCUT2D eigenvalue weighted by molar-refractivity contribution is 0.647. The first kappa shape index (κ1) is 22.0. The van der Waals surface area contributed by atoms with Gasteiger partial charge < -0.3 is 0 Å². The summed E-state index contributed by atoms with van der Waals surface area (Å²) in [6.07, 6.45) is 2.37. The van der Waals surface area contributed by atoms with E-state index >= 15 is 0 Å². The van der Waals surface area contributed by atoms with Crippen LogP contribution in [0.1, 0.15) is 52.7 Å². The van der Waals surface area contributed by atoms with Crippen LogP contribution in [0.5, 0.6) is 0 Å². The molecule has 0 spiro atoms. The Labute approximate surface area is 161 Å². The average Bonchev–Trinajstić information content (AvgIpc) is 2.64. The molecule has 3 aromatic rings. The predicted octanol–water partition coefficient (Wildman–Crippen LogP) is 7.95. The van der Waals surface area contributed by atoms with Gasteiger partial charge in [-0.25, -0.2) is 0 Å². The van der Waals surface area contributed by atoms with Crippen LogP contribution >= 0.6 is 0 Å². The van der Waals surface area contributed by atoms with Gasteiger partial charge >= 0.3 is 0 Å². The van der Waals surface area contributed by atoms with Gasteiger partial charge in [0.15, 0.2) is 0 Å². The van der Waals surface area contributed by atoms with Crippen molar-refractivity contribution in [3.8, 4) is 0 Å². The van der Waals surface area contributed by atoms with Crippen LogP contribution < -0.4 is 0 Å². The van der Waals surface area contributed by atoms with Crippen LogP contribution in [0.4, 0.5) is 0 Å². The topological polar surface area (TPSA) is 0 Å². The Kier molecular flexibility index (Phi) is 10.4. The number of benzene rings is 3. The first-order valence-electron chi connectivity index (χ1n) is 10.1. The van der Waals surface area contributed by atoms with Crippen molar-refractivity contribution in [2.24, 2.45) is 11.8 Å². The molecule has 3 aromatic carbocycles. The fourth-order valence-electron chi connectivity index (χ4n) is 2.92. The molecule has 0 aliphatic heterocycles. The largest absolute Gasteiger partial charge is 0.0683 e. The Morgan fingerprint density at radius 1 is 0.538 bits per heavy atom. The molecule has 0 radical (unpaired) electrons. The van der Waals surface area contributed by atoms with E-state index in [0.717, 1.165) is 11.8 Å². The molecule has 0 atom stereocenters. The van der Waals surface area contributed by atoms with Crippen molar-refractivity contribution in [2.75, 3.05) is 0 Å². The molecular formula is C26H36. The van der Waals surface area contributed by atoms with E-state index in [4.69, 9.17) is 0 Å². The lowest BCUT2D eigenvalue weighted by atomic mass is 10.00. The van der Waals surface area contributed by atoms with Gasteiger partial charge in [0.2, 0.25) is 0 Å². The highest BCUT2D eigenvalue weighted by molar-refractivity contribution is 5.82. The summed E-state index contributed by atoms with van der Waals surface area (Å²) in [6.45, 7) is 13.0. The van der Waals surface area contributed by atoms with Gasteiger partial charge in [-0.2, -0.15) is 0 Å². The Hall–Kier alpha value is -2.08. The van der Waals surface area contributed by atoms with Gasteiger partial charge in [0, 0.05) is 0 Å². The zero-order valence-electron chi connectivity index (χ0n) is 17.5. The molecule has 26 heavy (non-hydrogen) atoms. The summed E-state index contributed by atoms with van der Waals surface area (Å²) in [4.78, 5) is 0. The summed E-state index contributed by atoms with van der Waals surface area (Å²) in [5.74, 6) is 1.50. The molecule has 0 aliphatic rings. The number of hydrogen-bond donors (Lipinski definition) is 0. The van der Waals surface area contributed by atoms with Gasteiger partial charge in [-0.15, -0.1) is 0 Å². The fraction of sp³-hybridized carbons (Fsp3) is 0.385. The smallest absolute Gasteiger partial charge is 0.0181 e. The molecule has 0 nitrogen and oxygen atoms in total. The van der Waals surface area contributed by atoms with Crippen molar-refractivity contribution in [2.45, 2.75) is 54.4 Å². The second-order valence-corrected chi connectivity index (χ2v) is 7.36. The normalized spacial score (nSPS) is 10.2. The van der Waals surface area contributed by atoms with E-state index < -0.39 is 0 Å². The van der Waals surface area contributed by atoms with E-state index in [2.05, 4.69) is 100 Å². The van der Waals surface area contributed by atoms with Crippen molar-refractivity contribution in [3.63, 3.8) is 0 Å². The minimum absolute atomic E-state index is 0.733. The minimum atomic E-state index is 0.733. The van der Waals surface area contributed by atoms with Crippen LogP contribution in [-0.4, -0.2) is 0 Å². The zero-order valence-corrected chi connectivity index (χ0v) is 17.5. The first-order valence-corrected chi connectivity index (χ1v) is 10.1. The average molecular weight is 349 g/mol. The molecule has 0 saturated carbocycles. The zero-order chi connectivity index (χ0) is 19.4. The summed E-state index contributed by atoms with van der Waals surface area (Å²) >= 11 is 0. The van der Waals surface area contributed by atoms with Crippen LogP contribution in [0, 0.1) is 11.8 Å². The van der Waals surface area contributed by atoms with Crippen molar-refractivity contribution in [3.05, 3.63) is 83.9 Å². The maximum atomic E-state index is 2.30. The monoisotopic (exact) mass is 348 g/mol. The lowest BCUT2D eigenvalue weighted by Crippen LogP contribution is -1.93. The predicted molar refractivity (Wildman–Crippen MR) is 119 cm³/mol. The maximum absolute atomic E-state index is 2.30. The first-order chi connectivity index (χ1) is 12.5. The molecule has 0 aliphatic carbocycles. The molecule has 140 valence electrons. The molecule has 0 unspecified atom stereocenters. The van der Waals surface area contributed by atoms with E-state index in [-0.39, 0.29) is 0 Å². The van der Waals surface area contributed by atoms with Gasteiger partial charge in [0.05, 0.1) is 0 Å². The Morgan fingerprint density at radius 3 is 1.62 bits per heavy atom. The standard InChI is InChI=1S/C14H16.C10H14.C2H6/c1-11(2)9-12-7-8-13-5-3-4-6-14(13)10-12;1-9(2)8-10-6-4-3-5-7-10;1-2/h3-8,10-11H,9H2,1-2H3;3-7,9H,8H2,1-2H3;1-2H3. The molecular weight excluding hydrogens is 312 g/mol. The summed E-state index contributed by atoms with van der Waals surface area (Å²) in [5, 5.41) is 2.69. The second-order valence-electron chi connectivity index (χ2n) is 7.36. The summed E-state index contributed by atoms with van der Waals surface area (Å²) in [6, 6.07) is 25.9. The van der Waals surface area contributed by atoms with Gasteiger partial charge in [-0.1, -0.05) is 114 Å². The molecule has 3 rings (SSSR count). The van der Waals surface area contributed by atoms with E-state index in [9.17, 15) is 0 Å². The van der Waals surface area contributed by atoms with Crippen molar-refractivity contribution >= 4 is 10.8 Å². The van der Waals surface area contributed by atoms with E-state index in [0.29, 0.717) is 0 Å². The van der Waals surface area contributed by atoms with Gasteiger partial charge in [0.1, 0.15) is 0 Å². The molecule has 0 amide bonds. The van der Waals surface area contributed by atoms with Crippen LogP contribution in [0.2, 0.25) is 0 Å². The molecule has 0 heterocycles. The quantitative estimate of drug-likeness (QED) is 0.448. The maximum Gasteiger partial charge on any atom is -0.0181 e. The third kappa shape index (κ3) is 8.34. The molecule has 0 fully saturated rings. The molecule has 0 bridgehead atoms. The highest BCUT2D eigenvalue weighted by atomic mass is 14.0. The van der Waals surface area contributed by atoms with E-state index in [1.807, 2.05) is 13.8 Å². The fourth-order valence-corrected chi connectivity index (χ4v) is 2.92. The molecule has 0 aromatic heterocycles. The van der Waals surface area contributed by atoms with Crippen LogP contribution in [0.25, 0.3) is 10.8 Å². The van der Waals surface area contributed by atoms with Gasteiger partial charge in [-0.05, 0) is 46.6 Å². The third-order valence-electron chi connectivity index (χ3n) is 3.94. The Bertz CT molecular complexity index is 723. The van der Waals surface area contributed by atoms with Crippen LogP contribution in [0.15, 0.2) is 72.8 Å². The lowest BCUT2D eigenvalue weighted by Gasteiger charge is -2.06. The SMILES string of the molecule is CC.CC(C)Cc1ccc2ccccc2c1.CC(C)Cc1ccccc1. The second kappa shape index (κ2) is 12.3. The van der Waals surface area contributed by atoms with E-state index in [1.54, 1.807) is 0 Å². The van der Waals surface area contributed by atoms with Crippen molar-refractivity contribution in [1.82, 2.24) is 0 Å². The minimum Gasteiger partial charge on any atom is -0.0683 e. The summed E-state index contributed by atoms with van der Waals surface area (Å²) < 4.78 is 0. The van der Waals surface area contributed by atoms with Gasteiger partial charge in [0.25, 0.3) is 0 Å². The highest BCUT2D eigenvalue weighted by Crippen LogP contribution is 2.17. The summed E-state index contributed by atoms with van der Waals surface area (Å²) in [5.41, 5.74) is 2.89. The highest BCUT2D eigenvalue weighted by Gasteiger charge is 1.98. The molecule has 0 heteroatoms. The molecule has 0 saturated heterocycles. The number of rotatable bonds is 4. The van der Waals surface area contributed by atoms with E-state index in [1.165, 1.54) is 34.7 Å². The number of hydrogen-bond acceptors (Lipinski definition) is 0. The van der Waals surface area contributed by atoms with Gasteiger partial charge in [-0.3, -0.25) is 0 Å².